The highest BCUT2D eigenvalue weighted by molar-refractivity contribution is 7.99. The Balaban J connectivity index is 1.65. The number of aromatic nitrogens is 3. The third kappa shape index (κ3) is 3.06. The Hall–Kier alpha value is -2.48. The van der Waals surface area contributed by atoms with Crippen LogP contribution in [0.4, 0.5) is 14.5 Å². The van der Waals surface area contributed by atoms with Gasteiger partial charge in [0.25, 0.3) is 0 Å². The number of carbonyl (C=O) groups is 1. The van der Waals surface area contributed by atoms with Crippen molar-refractivity contribution in [3.8, 4) is 0 Å². The zero-order chi connectivity index (χ0) is 15.5. The van der Waals surface area contributed by atoms with Crippen LogP contribution in [0.3, 0.4) is 0 Å². The van der Waals surface area contributed by atoms with E-state index in [1.54, 1.807) is 16.7 Å². The highest BCUT2D eigenvalue weighted by Gasteiger charge is 2.11. The summed E-state index contributed by atoms with van der Waals surface area (Å²) in [6.07, 6.45) is 1.79. The highest BCUT2D eigenvalue weighted by Crippen LogP contribution is 2.18. The highest BCUT2D eigenvalue weighted by atomic mass is 32.2. The van der Waals surface area contributed by atoms with Crippen LogP contribution in [0.2, 0.25) is 0 Å². The molecule has 0 fully saturated rings. The number of hydrogen-bond donors (Lipinski definition) is 1. The first-order valence-corrected chi connectivity index (χ1v) is 7.29. The molecular weight excluding hydrogens is 310 g/mol. The van der Waals surface area contributed by atoms with Gasteiger partial charge < -0.3 is 5.32 Å². The number of benzene rings is 1. The van der Waals surface area contributed by atoms with E-state index in [0.717, 1.165) is 12.1 Å². The van der Waals surface area contributed by atoms with Crippen LogP contribution in [0, 0.1) is 11.6 Å². The van der Waals surface area contributed by atoms with Crippen molar-refractivity contribution in [3.63, 3.8) is 0 Å². The first-order valence-electron chi connectivity index (χ1n) is 6.31. The Kier molecular flexibility index (Phi) is 4.01. The van der Waals surface area contributed by atoms with Crippen molar-refractivity contribution < 1.29 is 13.6 Å². The topological polar surface area (TPSA) is 59.3 Å². The molecule has 0 radical (unpaired) electrons. The Morgan fingerprint density at radius 2 is 2.09 bits per heavy atom. The summed E-state index contributed by atoms with van der Waals surface area (Å²) in [5.41, 5.74) is 0.619. The first-order chi connectivity index (χ1) is 10.6. The number of thioether (sulfide) groups is 1. The van der Waals surface area contributed by atoms with Gasteiger partial charge in [0.05, 0.1) is 11.4 Å². The lowest BCUT2D eigenvalue weighted by atomic mass is 10.3. The summed E-state index contributed by atoms with van der Waals surface area (Å²) in [6.45, 7) is 0. The molecule has 22 heavy (non-hydrogen) atoms. The molecule has 3 aromatic rings. The van der Waals surface area contributed by atoms with Crippen LogP contribution in [0.1, 0.15) is 0 Å². The number of nitrogens with one attached hydrogen (secondary N) is 1. The molecular formula is C14H10F2N4OS. The fourth-order valence-corrected chi connectivity index (χ4v) is 2.55. The molecule has 0 aliphatic rings. The molecule has 3 rings (SSSR count). The van der Waals surface area contributed by atoms with E-state index in [1.807, 2.05) is 12.1 Å². The second-order valence-electron chi connectivity index (χ2n) is 4.37. The molecule has 0 aliphatic heterocycles. The van der Waals surface area contributed by atoms with E-state index in [4.69, 9.17) is 0 Å². The number of anilines is 1. The number of fused-ring (bicyclic) bond motifs is 1. The minimum absolute atomic E-state index is 0.0342. The van der Waals surface area contributed by atoms with Crippen LogP contribution >= 0.6 is 11.8 Å². The minimum atomic E-state index is -0.814. The van der Waals surface area contributed by atoms with Gasteiger partial charge in [-0.3, -0.25) is 9.20 Å². The standard InChI is InChI=1S/C14H10F2N4OS/c15-9-4-5-11(10(16)7-9)17-13(21)8-22-14-19-18-12-3-1-2-6-20(12)14/h1-7H,8H2,(H,17,21). The molecule has 1 aromatic carbocycles. The summed E-state index contributed by atoms with van der Waals surface area (Å²) in [7, 11) is 0. The SMILES string of the molecule is O=C(CSc1nnc2ccccn12)Nc1ccc(F)cc1F. The van der Waals surface area contributed by atoms with E-state index in [2.05, 4.69) is 15.5 Å². The van der Waals surface area contributed by atoms with E-state index in [9.17, 15) is 13.6 Å². The van der Waals surface area contributed by atoms with Gasteiger partial charge >= 0.3 is 0 Å². The van der Waals surface area contributed by atoms with Crippen molar-refractivity contribution in [1.82, 2.24) is 14.6 Å². The summed E-state index contributed by atoms with van der Waals surface area (Å²) in [5.74, 6) is -1.89. The van der Waals surface area contributed by atoms with Crippen molar-refractivity contribution >= 4 is 29.0 Å². The second kappa shape index (κ2) is 6.10. The molecule has 2 heterocycles. The van der Waals surface area contributed by atoms with E-state index in [1.165, 1.54) is 17.8 Å². The lowest BCUT2D eigenvalue weighted by Gasteiger charge is -2.05. The quantitative estimate of drug-likeness (QED) is 0.751. The summed E-state index contributed by atoms with van der Waals surface area (Å²) in [6, 6.07) is 8.44. The summed E-state index contributed by atoms with van der Waals surface area (Å²) in [5, 5.41) is 10.9. The van der Waals surface area contributed by atoms with E-state index in [-0.39, 0.29) is 11.4 Å². The van der Waals surface area contributed by atoms with Gasteiger partial charge in [-0.25, -0.2) is 8.78 Å². The molecule has 0 atom stereocenters. The summed E-state index contributed by atoms with van der Waals surface area (Å²) in [4.78, 5) is 11.8. The third-order valence-electron chi connectivity index (χ3n) is 2.82. The van der Waals surface area contributed by atoms with Crippen LogP contribution in [-0.4, -0.2) is 26.3 Å². The second-order valence-corrected chi connectivity index (χ2v) is 5.31. The lowest BCUT2D eigenvalue weighted by Crippen LogP contribution is -2.15. The normalized spacial score (nSPS) is 10.8. The fourth-order valence-electron chi connectivity index (χ4n) is 1.83. The van der Waals surface area contributed by atoms with Crippen LogP contribution in [0.5, 0.6) is 0 Å². The Morgan fingerprint density at radius 1 is 1.23 bits per heavy atom. The lowest BCUT2D eigenvalue weighted by molar-refractivity contribution is -0.113. The Labute approximate surface area is 128 Å². The summed E-state index contributed by atoms with van der Waals surface area (Å²) >= 11 is 1.17. The molecule has 1 amide bonds. The number of amides is 1. The monoisotopic (exact) mass is 320 g/mol. The smallest absolute Gasteiger partial charge is 0.234 e. The number of rotatable bonds is 4. The van der Waals surface area contributed by atoms with Gasteiger partial charge in [0.2, 0.25) is 5.91 Å². The molecule has 0 unspecified atom stereocenters. The zero-order valence-electron chi connectivity index (χ0n) is 11.2. The van der Waals surface area contributed by atoms with Crippen molar-refractivity contribution in [2.24, 2.45) is 0 Å². The maximum absolute atomic E-state index is 13.4. The van der Waals surface area contributed by atoms with Crippen LogP contribution in [-0.2, 0) is 4.79 Å². The van der Waals surface area contributed by atoms with Crippen molar-refractivity contribution in [2.45, 2.75) is 5.16 Å². The molecule has 0 aliphatic carbocycles. The average Bonchev–Trinajstić information content (AvgIpc) is 2.91. The number of halogens is 2. The Morgan fingerprint density at radius 3 is 2.91 bits per heavy atom. The van der Waals surface area contributed by atoms with E-state index < -0.39 is 17.5 Å². The molecule has 1 N–H and O–H groups in total. The number of nitrogens with zero attached hydrogens (tertiary/aromatic N) is 3. The largest absolute Gasteiger partial charge is 0.323 e. The molecule has 0 bridgehead atoms. The molecule has 112 valence electrons. The van der Waals surface area contributed by atoms with Crippen LogP contribution < -0.4 is 5.32 Å². The molecule has 2 aromatic heterocycles. The van der Waals surface area contributed by atoms with Gasteiger partial charge in [0, 0.05) is 12.3 Å². The number of carbonyl (C=O) groups excluding carboxylic acids is 1. The number of pyridine rings is 1. The Bertz CT molecular complexity index is 837. The van der Waals surface area contributed by atoms with Crippen molar-refractivity contribution in [3.05, 3.63) is 54.2 Å². The first kappa shape index (κ1) is 14.5. The van der Waals surface area contributed by atoms with Gasteiger partial charge in [0.1, 0.15) is 11.6 Å². The van der Waals surface area contributed by atoms with Crippen LogP contribution in [0.15, 0.2) is 47.8 Å². The molecule has 0 saturated carbocycles. The van der Waals surface area contributed by atoms with E-state index in [0.29, 0.717) is 10.8 Å². The fraction of sp³-hybridized carbons (Fsp3) is 0.0714. The van der Waals surface area contributed by atoms with Gasteiger partial charge in [0.15, 0.2) is 10.8 Å². The summed E-state index contributed by atoms with van der Waals surface area (Å²) < 4.78 is 28.0. The zero-order valence-corrected chi connectivity index (χ0v) is 12.0. The maximum atomic E-state index is 13.4. The van der Waals surface area contributed by atoms with Gasteiger partial charge in [-0.1, -0.05) is 17.8 Å². The maximum Gasteiger partial charge on any atom is 0.234 e. The van der Waals surface area contributed by atoms with Gasteiger partial charge in [-0.2, -0.15) is 0 Å². The molecule has 8 heteroatoms. The van der Waals surface area contributed by atoms with Gasteiger partial charge in [-0.05, 0) is 24.3 Å². The average molecular weight is 320 g/mol. The van der Waals surface area contributed by atoms with Crippen LogP contribution in [0.25, 0.3) is 5.65 Å². The molecule has 5 nitrogen and oxygen atoms in total. The minimum Gasteiger partial charge on any atom is -0.323 e. The number of hydrogen-bond acceptors (Lipinski definition) is 4. The molecule has 0 spiro atoms. The van der Waals surface area contributed by atoms with Gasteiger partial charge in [-0.15, -0.1) is 10.2 Å². The third-order valence-corrected chi connectivity index (χ3v) is 3.76. The van der Waals surface area contributed by atoms with Crippen molar-refractivity contribution in [1.29, 1.82) is 0 Å². The van der Waals surface area contributed by atoms with Crippen molar-refractivity contribution in [2.75, 3.05) is 11.1 Å². The predicted octanol–water partition coefficient (Wildman–Crippen LogP) is 2.74. The molecule has 0 saturated heterocycles. The predicted molar refractivity (Wildman–Crippen MR) is 78.7 cm³/mol. The van der Waals surface area contributed by atoms with E-state index >= 15 is 0 Å².